The molecule has 6 heteroatoms. The van der Waals surface area contributed by atoms with E-state index < -0.39 is 0 Å². The summed E-state index contributed by atoms with van der Waals surface area (Å²) in [5, 5.41) is 8.15. The van der Waals surface area contributed by atoms with Crippen LogP contribution in [0.4, 0.5) is 10.3 Å². The average Bonchev–Trinajstić information content (AvgIpc) is 3.20. The van der Waals surface area contributed by atoms with E-state index in [0.717, 1.165) is 24.0 Å². The molecular weight excluding hydrogens is 377 g/mol. The first-order chi connectivity index (χ1) is 14.8. The van der Waals surface area contributed by atoms with Gasteiger partial charge < -0.3 is 5.32 Å². The highest BCUT2D eigenvalue weighted by Gasteiger charge is 2.19. The minimum Gasteiger partial charge on any atom is -0.351 e. The molecule has 0 bridgehead atoms. The molecule has 0 saturated heterocycles. The molecule has 1 N–H and O–H groups in total. The van der Waals surface area contributed by atoms with Crippen molar-refractivity contribution in [2.45, 2.75) is 44.6 Å². The smallest absolute Gasteiger partial charge is 0.228 e. The summed E-state index contributed by atoms with van der Waals surface area (Å²) in [6.07, 6.45) is 8.23. The monoisotopic (exact) mass is 401 g/mol. The Morgan fingerprint density at radius 1 is 0.900 bits per heavy atom. The van der Waals surface area contributed by atoms with Crippen LogP contribution in [0.2, 0.25) is 0 Å². The summed E-state index contributed by atoms with van der Waals surface area (Å²) in [5.41, 5.74) is 3.18. The molecule has 0 aliphatic heterocycles. The molecule has 0 radical (unpaired) electrons. The number of hydrogen-bond donors (Lipinski definition) is 1. The number of hydrogen-bond acceptors (Lipinski definition) is 4. The predicted molar refractivity (Wildman–Crippen MR) is 116 cm³/mol. The number of anilines is 1. The summed E-state index contributed by atoms with van der Waals surface area (Å²) < 4.78 is 16.0. The van der Waals surface area contributed by atoms with Gasteiger partial charge in [-0.1, -0.05) is 67.8 Å². The van der Waals surface area contributed by atoms with Gasteiger partial charge in [0.15, 0.2) is 11.5 Å². The van der Waals surface area contributed by atoms with E-state index in [9.17, 15) is 4.39 Å². The molecule has 1 aliphatic carbocycles. The lowest BCUT2D eigenvalue weighted by Gasteiger charge is -2.23. The molecule has 5 nitrogen and oxygen atoms in total. The van der Waals surface area contributed by atoms with Gasteiger partial charge in [0.05, 0.1) is 6.20 Å². The first-order valence-corrected chi connectivity index (χ1v) is 10.6. The Labute approximate surface area is 175 Å². The zero-order chi connectivity index (χ0) is 20.3. The van der Waals surface area contributed by atoms with E-state index in [1.165, 1.54) is 25.3 Å². The van der Waals surface area contributed by atoms with Crippen molar-refractivity contribution in [1.82, 2.24) is 19.6 Å². The molecule has 0 amide bonds. The van der Waals surface area contributed by atoms with E-state index in [4.69, 9.17) is 9.97 Å². The van der Waals surface area contributed by atoms with Gasteiger partial charge in [-0.25, -0.2) is 9.37 Å². The average molecular weight is 401 g/mol. The van der Waals surface area contributed by atoms with Crippen LogP contribution in [0.1, 0.15) is 43.2 Å². The molecular formula is C24H24FN5. The fourth-order valence-electron chi connectivity index (χ4n) is 4.13. The Morgan fingerprint density at radius 2 is 1.67 bits per heavy atom. The van der Waals surface area contributed by atoms with Crippen molar-refractivity contribution in [3.8, 4) is 11.4 Å². The highest BCUT2D eigenvalue weighted by atomic mass is 19.1. The van der Waals surface area contributed by atoms with E-state index in [1.54, 1.807) is 22.8 Å². The maximum atomic E-state index is 14.2. The molecule has 0 spiro atoms. The Balaban J connectivity index is 1.59. The number of rotatable bonds is 5. The van der Waals surface area contributed by atoms with Gasteiger partial charge in [0.2, 0.25) is 5.95 Å². The molecule has 2 aromatic heterocycles. The lowest BCUT2D eigenvalue weighted by molar-refractivity contribution is 0.460. The summed E-state index contributed by atoms with van der Waals surface area (Å²) >= 11 is 0. The van der Waals surface area contributed by atoms with Crippen LogP contribution in [0.25, 0.3) is 17.0 Å². The molecule has 0 unspecified atom stereocenters. The fourth-order valence-corrected chi connectivity index (χ4v) is 4.13. The molecule has 2 aromatic carbocycles. The van der Waals surface area contributed by atoms with Crippen LogP contribution in [0.15, 0.2) is 60.8 Å². The van der Waals surface area contributed by atoms with Gasteiger partial charge in [-0.2, -0.15) is 14.6 Å². The van der Waals surface area contributed by atoms with Gasteiger partial charge in [-0.3, -0.25) is 0 Å². The van der Waals surface area contributed by atoms with Crippen LogP contribution in [0.3, 0.4) is 0 Å². The van der Waals surface area contributed by atoms with Crippen LogP contribution in [-0.4, -0.2) is 25.6 Å². The Morgan fingerprint density at radius 3 is 2.47 bits per heavy atom. The Hall–Kier alpha value is -3.28. The number of fused-ring (bicyclic) bond motifs is 1. The van der Waals surface area contributed by atoms with Gasteiger partial charge in [-0.05, 0) is 24.5 Å². The third kappa shape index (κ3) is 3.77. The van der Waals surface area contributed by atoms with Gasteiger partial charge in [0.25, 0.3) is 0 Å². The molecule has 30 heavy (non-hydrogen) atoms. The first kappa shape index (κ1) is 18.7. The summed E-state index contributed by atoms with van der Waals surface area (Å²) in [5.74, 6) is 1.14. The number of benzene rings is 2. The van der Waals surface area contributed by atoms with Crippen molar-refractivity contribution < 1.29 is 4.39 Å². The molecule has 2 heterocycles. The second-order valence-corrected chi connectivity index (χ2v) is 7.89. The molecule has 0 atom stereocenters. The second-order valence-electron chi connectivity index (χ2n) is 7.89. The van der Waals surface area contributed by atoms with Crippen molar-refractivity contribution in [1.29, 1.82) is 0 Å². The van der Waals surface area contributed by atoms with Gasteiger partial charge in [0.1, 0.15) is 5.82 Å². The van der Waals surface area contributed by atoms with Crippen LogP contribution in [0, 0.1) is 5.82 Å². The molecule has 152 valence electrons. The van der Waals surface area contributed by atoms with Crippen molar-refractivity contribution in [3.63, 3.8) is 0 Å². The van der Waals surface area contributed by atoms with Crippen molar-refractivity contribution in [2.24, 2.45) is 0 Å². The molecule has 1 saturated carbocycles. The van der Waals surface area contributed by atoms with E-state index in [1.807, 2.05) is 36.4 Å². The highest BCUT2D eigenvalue weighted by molar-refractivity contribution is 5.62. The minimum absolute atomic E-state index is 0.213. The van der Waals surface area contributed by atoms with Crippen LogP contribution < -0.4 is 5.32 Å². The van der Waals surface area contributed by atoms with E-state index >= 15 is 0 Å². The summed E-state index contributed by atoms with van der Waals surface area (Å²) in [6, 6.07) is 17.2. The van der Waals surface area contributed by atoms with E-state index in [-0.39, 0.29) is 5.82 Å². The summed E-state index contributed by atoms with van der Waals surface area (Å²) in [7, 11) is 0. The van der Waals surface area contributed by atoms with Crippen LogP contribution in [0.5, 0.6) is 0 Å². The fraction of sp³-hybridized carbons (Fsp3) is 0.292. The van der Waals surface area contributed by atoms with Gasteiger partial charge in [-0.15, -0.1) is 0 Å². The standard InChI is InChI=1S/C24H24FN5/c25-21-14-8-7-11-18(21)15-19-16-26-30-23(19)28-22(17-9-3-1-4-10-17)29-24(30)27-20-12-5-2-6-13-20/h1,3-4,7-11,14,16,20H,2,5-6,12-13,15H2,(H,27,28,29). The van der Waals surface area contributed by atoms with Crippen molar-refractivity contribution in [3.05, 3.63) is 77.7 Å². The van der Waals surface area contributed by atoms with Crippen LogP contribution in [-0.2, 0) is 6.42 Å². The SMILES string of the molecule is Fc1ccccc1Cc1cnn2c(NC3CCCCC3)nc(-c3ccccc3)nc12. The summed E-state index contributed by atoms with van der Waals surface area (Å²) in [6.45, 7) is 0. The normalized spacial score (nSPS) is 14.8. The van der Waals surface area contributed by atoms with E-state index in [2.05, 4.69) is 10.4 Å². The predicted octanol–water partition coefficient (Wildman–Crippen LogP) is 5.27. The van der Waals surface area contributed by atoms with Gasteiger partial charge >= 0.3 is 0 Å². The second kappa shape index (κ2) is 8.22. The zero-order valence-corrected chi connectivity index (χ0v) is 16.8. The lowest BCUT2D eigenvalue weighted by Crippen LogP contribution is -2.25. The minimum atomic E-state index is -0.213. The third-order valence-electron chi connectivity index (χ3n) is 5.75. The molecule has 5 rings (SSSR count). The lowest BCUT2D eigenvalue weighted by atomic mass is 9.96. The zero-order valence-electron chi connectivity index (χ0n) is 16.8. The molecule has 4 aromatic rings. The van der Waals surface area contributed by atoms with Crippen LogP contribution >= 0.6 is 0 Å². The topological polar surface area (TPSA) is 55.1 Å². The van der Waals surface area contributed by atoms with E-state index in [0.29, 0.717) is 35.4 Å². The first-order valence-electron chi connectivity index (χ1n) is 10.6. The maximum Gasteiger partial charge on any atom is 0.228 e. The number of halogens is 1. The van der Waals surface area contributed by atoms with Crippen molar-refractivity contribution in [2.75, 3.05) is 5.32 Å². The number of aromatic nitrogens is 4. The molecule has 1 aliphatic rings. The third-order valence-corrected chi connectivity index (χ3v) is 5.75. The Kier molecular flexibility index (Phi) is 5.13. The highest BCUT2D eigenvalue weighted by Crippen LogP contribution is 2.25. The van der Waals surface area contributed by atoms with Crippen molar-refractivity contribution >= 4 is 11.6 Å². The molecule has 1 fully saturated rings. The van der Waals surface area contributed by atoms with Gasteiger partial charge in [0, 0.05) is 23.6 Å². The maximum absolute atomic E-state index is 14.2. The summed E-state index contributed by atoms with van der Waals surface area (Å²) in [4.78, 5) is 9.62. The number of nitrogens with zero attached hydrogens (tertiary/aromatic N) is 4. The largest absolute Gasteiger partial charge is 0.351 e. The quantitative estimate of drug-likeness (QED) is 0.495. The Bertz CT molecular complexity index is 1150. The number of nitrogens with one attached hydrogen (secondary N) is 1.